The standard InChI is InChI=1S/C16H24N2O/c1-13-6-3-4-7-14(13)8-11-18-15(19)16(2)9-5-10-17-12-16/h3-4,6-7,17H,5,8-12H2,1-2H3,(H,18,19). The van der Waals surface area contributed by atoms with E-state index >= 15 is 0 Å². The molecule has 1 aliphatic rings. The van der Waals surface area contributed by atoms with E-state index in [9.17, 15) is 4.79 Å². The third-order valence-corrected chi connectivity index (χ3v) is 4.09. The quantitative estimate of drug-likeness (QED) is 0.870. The van der Waals surface area contributed by atoms with E-state index in [1.165, 1.54) is 11.1 Å². The second-order valence-electron chi connectivity index (χ2n) is 5.77. The zero-order valence-corrected chi connectivity index (χ0v) is 12.0. The maximum Gasteiger partial charge on any atom is 0.227 e. The molecule has 1 aromatic carbocycles. The molecule has 0 aliphatic carbocycles. The van der Waals surface area contributed by atoms with Crippen molar-refractivity contribution in [3.8, 4) is 0 Å². The van der Waals surface area contributed by atoms with Crippen molar-refractivity contribution in [2.75, 3.05) is 19.6 Å². The smallest absolute Gasteiger partial charge is 0.227 e. The Morgan fingerprint density at radius 2 is 2.21 bits per heavy atom. The number of piperidine rings is 1. The topological polar surface area (TPSA) is 41.1 Å². The molecule has 104 valence electrons. The van der Waals surface area contributed by atoms with E-state index in [-0.39, 0.29) is 11.3 Å². The Kier molecular flexibility index (Phi) is 4.59. The van der Waals surface area contributed by atoms with E-state index in [4.69, 9.17) is 0 Å². The highest BCUT2D eigenvalue weighted by molar-refractivity contribution is 5.82. The zero-order chi connectivity index (χ0) is 13.7. The Bertz CT molecular complexity index is 436. The lowest BCUT2D eigenvalue weighted by Crippen LogP contribution is -2.49. The first-order valence-electron chi connectivity index (χ1n) is 7.15. The van der Waals surface area contributed by atoms with E-state index in [2.05, 4.69) is 42.7 Å². The number of carbonyl (C=O) groups is 1. The Morgan fingerprint density at radius 3 is 2.89 bits per heavy atom. The molecule has 1 atom stereocenters. The number of nitrogens with one attached hydrogen (secondary N) is 2. The van der Waals surface area contributed by atoms with E-state index < -0.39 is 0 Å². The second-order valence-corrected chi connectivity index (χ2v) is 5.77. The largest absolute Gasteiger partial charge is 0.355 e. The van der Waals surface area contributed by atoms with Crippen molar-refractivity contribution >= 4 is 5.91 Å². The molecule has 0 saturated carbocycles. The molecule has 0 bridgehead atoms. The van der Waals surface area contributed by atoms with Crippen LogP contribution in [-0.4, -0.2) is 25.5 Å². The lowest BCUT2D eigenvalue weighted by molar-refractivity contribution is -0.131. The van der Waals surface area contributed by atoms with Gasteiger partial charge in [-0.25, -0.2) is 0 Å². The molecule has 0 radical (unpaired) electrons. The van der Waals surface area contributed by atoms with E-state index in [1.807, 2.05) is 6.07 Å². The maximum absolute atomic E-state index is 12.2. The molecule has 1 unspecified atom stereocenters. The molecule has 1 heterocycles. The van der Waals surface area contributed by atoms with Gasteiger partial charge in [0.1, 0.15) is 0 Å². The monoisotopic (exact) mass is 260 g/mol. The first-order valence-corrected chi connectivity index (χ1v) is 7.15. The van der Waals surface area contributed by atoms with Crippen LogP contribution in [0.1, 0.15) is 30.9 Å². The van der Waals surface area contributed by atoms with Crippen molar-refractivity contribution in [2.24, 2.45) is 5.41 Å². The Balaban J connectivity index is 1.82. The minimum absolute atomic E-state index is 0.188. The molecule has 1 saturated heterocycles. The summed E-state index contributed by atoms with van der Waals surface area (Å²) in [5.41, 5.74) is 2.38. The van der Waals surface area contributed by atoms with Gasteiger partial charge in [0.15, 0.2) is 0 Å². The summed E-state index contributed by atoms with van der Waals surface area (Å²) < 4.78 is 0. The van der Waals surface area contributed by atoms with Crippen LogP contribution in [0, 0.1) is 12.3 Å². The van der Waals surface area contributed by atoms with Crippen molar-refractivity contribution in [1.82, 2.24) is 10.6 Å². The molecule has 0 aromatic heterocycles. The number of rotatable bonds is 4. The van der Waals surface area contributed by atoms with Gasteiger partial charge in [-0.15, -0.1) is 0 Å². The van der Waals surface area contributed by atoms with Gasteiger partial charge in [0.25, 0.3) is 0 Å². The summed E-state index contributed by atoms with van der Waals surface area (Å²) in [5, 5.41) is 6.40. The number of aryl methyl sites for hydroxylation is 1. The van der Waals surface area contributed by atoms with Gasteiger partial charge in [-0.05, 0) is 50.8 Å². The summed E-state index contributed by atoms with van der Waals surface area (Å²) in [6, 6.07) is 8.34. The second kappa shape index (κ2) is 6.20. The highest BCUT2D eigenvalue weighted by atomic mass is 16.2. The third kappa shape index (κ3) is 3.57. The molecule has 2 rings (SSSR count). The number of benzene rings is 1. The van der Waals surface area contributed by atoms with Crippen LogP contribution in [-0.2, 0) is 11.2 Å². The summed E-state index contributed by atoms with van der Waals surface area (Å²) in [5.74, 6) is 0.188. The Morgan fingerprint density at radius 1 is 1.42 bits per heavy atom. The molecular weight excluding hydrogens is 236 g/mol. The highest BCUT2D eigenvalue weighted by Crippen LogP contribution is 2.25. The molecule has 1 amide bonds. The average molecular weight is 260 g/mol. The lowest BCUT2D eigenvalue weighted by atomic mass is 9.82. The predicted octanol–water partition coefficient (Wildman–Crippen LogP) is 2.04. The van der Waals surface area contributed by atoms with Crippen LogP contribution in [0.4, 0.5) is 0 Å². The van der Waals surface area contributed by atoms with Gasteiger partial charge in [0, 0.05) is 13.1 Å². The Labute approximate surface area is 115 Å². The van der Waals surface area contributed by atoms with Crippen molar-refractivity contribution < 1.29 is 4.79 Å². The third-order valence-electron chi connectivity index (χ3n) is 4.09. The Hall–Kier alpha value is -1.35. The fraction of sp³-hybridized carbons (Fsp3) is 0.562. The van der Waals surface area contributed by atoms with Gasteiger partial charge in [-0.3, -0.25) is 4.79 Å². The van der Waals surface area contributed by atoms with Crippen LogP contribution in [0.3, 0.4) is 0 Å². The van der Waals surface area contributed by atoms with Gasteiger partial charge in [0.05, 0.1) is 5.41 Å². The summed E-state index contributed by atoms with van der Waals surface area (Å²) in [6.45, 7) is 6.72. The van der Waals surface area contributed by atoms with Crippen LogP contribution < -0.4 is 10.6 Å². The molecule has 0 spiro atoms. The van der Waals surface area contributed by atoms with Crippen LogP contribution in [0.2, 0.25) is 0 Å². The van der Waals surface area contributed by atoms with Crippen LogP contribution in [0.15, 0.2) is 24.3 Å². The molecule has 1 aromatic rings. The van der Waals surface area contributed by atoms with E-state index in [0.29, 0.717) is 0 Å². The molecule has 1 aliphatic heterocycles. The zero-order valence-electron chi connectivity index (χ0n) is 12.0. The van der Waals surface area contributed by atoms with Crippen LogP contribution in [0.5, 0.6) is 0 Å². The number of amides is 1. The lowest BCUT2D eigenvalue weighted by Gasteiger charge is -2.32. The van der Waals surface area contributed by atoms with Crippen molar-refractivity contribution in [3.05, 3.63) is 35.4 Å². The van der Waals surface area contributed by atoms with Crippen molar-refractivity contribution in [2.45, 2.75) is 33.1 Å². The molecular formula is C16H24N2O. The minimum atomic E-state index is -0.232. The summed E-state index contributed by atoms with van der Waals surface area (Å²) in [4.78, 5) is 12.2. The van der Waals surface area contributed by atoms with Gasteiger partial charge in [-0.1, -0.05) is 24.3 Å². The normalized spacial score (nSPS) is 23.1. The van der Waals surface area contributed by atoms with Crippen molar-refractivity contribution in [1.29, 1.82) is 0 Å². The molecule has 2 N–H and O–H groups in total. The van der Waals surface area contributed by atoms with Crippen LogP contribution >= 0.6 is 0 Å². The van der Waals surface area contributed by atoms with Gasteiger partial charge in [0.2, 0.25) is 5.91 Å². The molecule has 1 fully saturated rings. The summed E-state index contributed by atoms with van der Waals surface area (Å²) in [6.07, 6.45) is 2.97. The predicted molar refractivity (Wildman–Crippen MR) is 78.1 cm³/mol. The first-order chi connectivity index (χ1) is 9.12. The molecule has 3 nitrogen and oxygen atoms in total. The fourth-order valence-electron chi connectivity index (χ4n) is 2.66. The van der Waals surface area contributed by atoms with Gasteiger partial charge in [-0.2, -0.15) is 0 Å². The summed E-state index contributed by atoms with van der Waals surface area (Å²) in [7, 11) is 0. The van der Waals surface area contributed by atoms with Crippen molar-refractivity contribution in [3.63, 3.8) is 0 Å². The van der Waals surface area contributed by atoms with E-state index in [0.717, 1.165) is 38.9 Å². The van der Waals surface area contributed by atoms with E-state index in [1.54, 1.807) is 0 Å². The number of hydrogen-bond acceptors (Lipinski definition) is 2. The maximum atomic E-state index is 12.2. The number of hydrogen-bond donors (Lipinski definition) is 2. The fourth-order valence-corrected chi connectivity index (χ4v) is 2.66. The van der Waals surface area contributed by atoms with Gasteiger partial charge >= 0.3 is 0 Å². The first kappa shape index (κ1) is 14.1. The molecule has 19 heavy (non-hydrogen) atoms. The van der Waals surface area contributed by atoms with Gasteiger partial charge < -0.3 is 10.6 Å². The SMILES string of the molecule is Cc1ccccc1CCNC(=O)C1(C)CCCNC1. The summed E-state index contributed by atoms with van der Waals surface area (Å²) >= 11 is 0. The van der Waals surface area contributed by atoms with Crippen LogP contribution in [0.25, 0.3) is 0 Å². The highest BCUT2D eigenvalue weighted by Gasteiger charge is 2.34. The minimum Gasteiger partial charge on any atom is -0.355 e. The average Bonchev–Trinajstić information content (AvgIpc) is 2.41. The molecule has 3 heteroatoms. The number of carbonyl (C=O) groups excluding carboxylic acids is 1.